The normalized spacial score (nSPS) is 16.2. The topological polar surface area (TPSA) is 47.6 Å². The molecule has 1 N–H and O–H groups in total. The molecule has 4 heteroatoms. The van der Waals surface area contributed by atoms with E-state index in [1.807, 2.05) is 48.5 Å². The summed E-state index contributed by atoms with van der Waals surface area (Å²) in [5.74, 6) is 1.83. The fraction of sp³-hybridized carbons (Fsp3) is 0.316. The highest BCUT2D eigenvalue weighted by atomic mass is 16.6. The number of fused-ring (bicyclic) bond motifs is 1. The van der Waals surface area contributed by atoms with E-state index in [0.29, 0.717) is 24.6 Å². The van der Waals surface area contributed by atoms with Crippen LogP contribution in [0.15, 0.2) is 48.5 Å². The minimum Gasteiger partial charge on any atom is -0.486 e. The summed E-state index contributed by atoms with van der Waals surface area (Å²) in [4.78, 5) is 12.2. The number of hydrogen-bond donors (Lipinski definition) is 1. The van der Waals surface area contributed by atoms with Gasteiger partial charge in [-0.05, 0) is 35.7 Å². The molecule has 120 valence electrons. The van der Waals surface area contributed by atoms with Gasteiger partial charge in [-0.15, -0.1) is 0 Å². The van der Waals surface area contributed by atoms with Gasteiger partial charge in [-0.2, -0.15) is 0 Å². The van der Waals surface area contributed by atoms with E-state index in [1.54, 1.807) is 0 Å². The van der Waals surface area contributed by atoms with E-state index in [4.69, 9.17) is 9.47 Å². The molecule has 3 rings (SSSR count). The number of nitrogens with one attached hydrogen (secondary N) is 1. The van der Waals surface area contributed by atoms with Gasteiger partial charge in [0.25, 0.3) is 5.91 Å². The van der Waals surface area contributed by atoms with E-state index in [2.05, 4.69) is 19.2 Å². The van der Waals surface area contributed by atoms with E-state index in [0.717, 1.165) is 11.5 Å². The summed E-state index contributed by atoms with van der Waals surface area (Å²) < 4.78 is 11.5. The molecule has 1 aliphatic heterocycles. The molecule has 0 bridgehead atoms. The number of rotatable bonds is 4. The second kappa shape index (κ2) is 6.73. The Balaban J connectivity index is 1.55. The molecule has 0 aliphatic carbocycles. The lowest BCUT2D eigenvalue weighted by atomic mass is 10.0. The predicted octanol–water partition coefficient (Wildman–Crippen LogP) is 3.38. The molecule has 0 fully saturated rings. The average Bonchev–Trinajstić information content (AvgIpc) is 2.59. The maximum absolute atomic E-state index is 12.2. The van der Waals surface area contributed by atoms with E-state index in [9.17, 15) is 4.79 Å². The number of ether oxygens (including phenoxy) is 2. The first-order valence-corrected chi connectivity index (χ1v) is 7.90. The van der Waals surface area contributed by atoms with Crippen LogP contribution in [0, 0.1) is 0 Å². The second-order valence-corrected chi connectivity index (χ2v) is 5.98. The summed E-state index contributed by atoms with van der Waals surface area (Å²) in [7, 11) is 0. The number of para-hydroxylation sites is 2. The monoisotopic (exact) mass is 311 g/mol. The molecule has 0 saturated heterocycles. The van der Waals surface area contributed by atoms with Crippen LogP contribution in [0.25, 0.3) is 0 Å². The molecule has 0 aromatic heterocycles. The van der Waals surface area contributed by atoms with Crippen molar-refractivity contribution in [3.8, 4) is 11.5 Å². The summed E-state index contributed by atoms with van der Waals surface area (Å²) in [6.45, 7) is 5.11. The van der Waals surface area contributed by atoms with Crippen LogP contribution in [-0.4, -0.2) is 25.2 Å². The first kappa shape index (κ1) is 15.4. The quantitative estimate of drug-likeness (QED) is 0.941. The third kappa shape index (κ3) is 3.65. The number of carbonyl (C=O) groups is 1. The fourth-order valence-electron chi connectivity index (χ4n) is 2.49. The highest BCUT2D eigenvalue weighted by Crippen LogP contribution is 2.30. The zero-order valence-electron chi connectivity index (χ0n) is 13.4. The Morgan fingerprint density at radius 2 is 1.83 bits per heavy atom. The van der Waals surface area contributed by atoms with Crippen molar-refractivity contribution in [3.05, 3.63) is 59.7 Å². The zero-order chi connectivity index (χ0) is 16.2. The van der Waals surface area contributed by atoms with E-state index < -0.39 is 0 Å². The van der Waals surface area contributed by atoms with Crippen LogP contribution in [-0.2, 0) is 0 Å². The van der Waals surface area contributed by atoms with Crippen LogP contribution in [0.4, 0.5) is 0 Å². The van der Waals surface area contributed by atoms with Crippen molar-refractivity contribution in [3.63, 3.8) is 0 Å². The number of carbonyl (C=O) groups excluding carboxylic acids is 1. The van der Waals surface area contributed by atoms with Crippen LogP contribution < -0.4 is 14.8 Å². The van der Waals surface area contributed by atoms with Gasteiger partial charge in [-0.1, -0.05) is 38.1 Å². The molecular formula is C19H21NO3. The van der Waals surface area contributed by atoms with E-state index in [-0.39, 0.29) is 12.0 Å². The van der Waals surface area contributed by atoms with E-state index in [1.165, 1.54) is 5.56 Å². The molecule has 1 amide bonds. The Morgan fingerprint density at radius 3 is 2.52 bits per heavy atom. The third-order valence-electron chi connectivity index (χ3n) is 3.90. The summed E-state index contributed by atoms with van der Waals surface area (Å²) in [5.41, 5.74) is 1.88. The lowest BCUT2D eigenvalue weighted by molar-refractivity contribution is 0.0789. The van der Waals surface area contributed by atoms with Gasteiger partial charge in [0.05, 0.1) is 6.54 Å². The maximum Gasteiger partial charge on any atom is 0.251 e. The van der Waals surface area contributed by atoms with Gasteiger partial charge in [0.2, 0.25) is 0 Å². The number of hydrogen-bond acceptors (Lipinski definition) is 3. The van der Waals surface area contributed by atoms with Gasteiger partial charge in [0, 0.05) is 5.56 Å². The van der Waals surface area contributed by atoms with Gasteiger partial charge < -0.3 is 14.8 Å². The Hall–Kier alpha value is -2.49. The first-order valence-electron chi connectivity index (χ1n) is 7.90. The molecule has 0 spiro atoms. The van der Waals surface area contributed by atoms with Gasteiger partial charge in [0.15, 0.2) is 11.5 Å². The van der Waals surface area contributed by atoms with Crippen LogP contribution in [0.1, 0.15) is 35.7 Å². The fourth-order valence-corrected chi connectivity index (χ4v) is 2.49. The minimum atomic E-state index is -0.177. The van der Waals surface area contributed by atoms with Crippen molar-refractivity contribution in [2.24, 2.45) is 0 Å². The average molecular weight is 311 g/mol. The van der Waals surface area contributed by atoms with Crippen molar-refractivity contribution in [2.45, 2.75) is 25.9 Å². The van der Waals surface area contributed by atoms with Crippen molar-refractivity contribution in [1.82, 2.24) is 5.32 Å². The number of amides is 1. The van der Waals surface area contributed by atoms with Crippen LogP contribution in [0.5, 0.6) is 11.5 Å². The zero-order valence-corrected chi connectivity index (χ0v) is 13.4. The largest absolute Gasteiger partial charge is 0.486 e. The van der Waals surface area contributed by atoms with Crippen molar-refractivity contribution >= 4 is 5.91 Å². The SMILES string of the molecule is CC(C)c1ccc(C(=O)NCC2COc3ccccc3O2)cc1. The molecule has 2 aromatic carbocycles. The Morgan fingerprint density at radius 1 is 1.13 bits per heavy atom. The van der Waals surface area contributed by atoms with Crippen LogP contribution >= 0.6 is 0 Å². The first-order chi connectivity index (χ1) is 11.1. The molecule has 4 nitrogen and oxygen atoms in total. The van der Waals surface area contributed by atoms with Crippen molar-refractivity contribution in [2.75, 3.05) is 13.2 Å². The lowest BCUT2D eigenvalue weighted by Gasteiger charge is -2.26. The van der Waals surface area contributed by atoms with Gasteiger partial charge in [-0.3, -0.25) is 4.79 Å². The molecule has 1 heterocycles. The van der Waals surface area contributed by atoms with Gasteiger partial charge in [-0.25, -0.2) is 0 Å². The maximum atomic E-state index is 12.2. The third-order valence-corrected chi connectivity index (χ3v) is 3.90. The summed E-state index contributed by atoms with van der Waals surface area (Å²) in [6, 6.07) is 15.3. The number of benzene rings is 2. The molecule has 1 unspecified atom stereocenters. The van der Waals surface area contributed by atoms with E-state index >= 15 is 0 Å². The second-order valence-electron chi connectivity index (χ2n) is 5.98. The van der Waals surface area contributed by atoms with Crippen molar-refractivity contribution in [1.29, 1.82) is 0 Å². The Labute approximate surface area is 136 Å². The molecule has 23 heavy (non-hydrogen) atoms. The van der Waals surface area contributed by atoms with Crippen LogP contribution in [0.3, 0.4) is 0 Å². The highest BCUT2D eigenvalue weighted by Gasteiger charge is 2.21. The van der Waals surface area contributed by atoms with Crippen LogP contribution in [0.2, 0.25) is 0 Å². The molecule has 1 atom stereocenters. The summed E-state index contributed by atoms with van der Waals surface area (Å²) in [5, 5.41) is 2.90. The molecule has 0 radical (unpaired) electrons. The summed E-state index contributed by atoms with van der Waals surface area (Å²) >= 11 is 0. The Kier molecular flexibility index (Phi) is 4.51. The standard InChI is InChI=1S/C19H21NO3/c1-13(2)14-7-9-15(10-8-14)19(21)20-11-16-12-22-17-5-3-4-6-18(17)23-16/h3-10,13,16H,11-12H2,1-2H3,(H,20,21). The van der Waals surface area contributed by atoms with Gasteiger partial charge >= 0.3 is 0 Å². The predicted molar refractivity (Wildman–Crippen MR) is 89.2 cm³/mol. The Bertz CT molecular complexity index is 679. The molecule has 1 aliphatic rings. The molecule has 2 aromatic rings. The molecular weight excluding hydrogens is 290 g/mol. The summed E-state index contributed by atoms with van der Waals surface area (Å²) in [6.07, 6.45) is -0.177. The van der Waals surface area contributed by atoms with Crippen molar-refractivity contribution < 1.29 is 14.3 Å². The minimum absolute atomic E-state index is 0.0947. The molecule has 0 saturated carbocycles. The smallest absolute Gasteiger partial charge is 0.251 e. The highest BCUT2D eigenvalue weighted by molar-refractivity contribution is 5.94. The van der Waals surface area contributed by atoms with Gasteiger partial charge in [0.1, 0.15) is 12.7 Å². The lowest BCUT2D eigenvalue weighted by Crippen LogP contribution is -2.40.